The van der Waals surface area contributed by atoms with E-state index < -0.39 is 0 Å². The molecule has 0 atom stereocenters. The molecule has 0 spiro atoms. The Morgan fingerprint density at radius 1 is 1.26 bits per heavy atom. The second-order valence-electron chi connectivity index (χ2n) is 5.60. The molecule has 4 heteroatoms. The van der Waals surface area contributed by atoms with Crippen LogP contribution in [0.3, 0.4) is 0 Å². The van der Waals surface area contributed by atoms with E-state index in [2.05, 4.69) is 0 Å². The molecular weight excluding hydrogens is 240 g/mol. The van der Waals surface area contributed by atoms with Gasteiger partial charge in [-0.25, -0.2) is 0 Å². The van der Waals surface area contributed by atoms with Crippen molar-refractivity contribution in [3.63, 3.8) is 0 Å². The van der Waals surface area contributed by atoms with Crippen molar-refractivity contribution in [2.45, 2.75) is 24.8 Å². The minimum absolute atomic E-state index is 0.0681. The average molecular weight is 260 g/mol. The monoisotopic (exact) mass is 260 g/mol. The van der Waals surface area contributed by atoms with Crippen LogP contribution < -0.4 is 5.73 Å². The van der Waals surface area contributed by atoms with Crippen LogP contribution in [0.15, 0.2) is 24.3 Å². The van der Waals surface area contributed by atoms with Gasteiger partial charge in [0.05, 0.1) is 13.2 Å². The van der Waals surface area contributed by atoms with Gasteiger partial charge in [-0.2, -0.15) is 0 Å². The number of amides is 1. The Balaban J connectivity index is 1.80. The molecule has 1 aromatic rings. The summed E-state index contributed by atoms with van der Waals surface area (Å²) in [6.07, 6.45) is 2.93. The lowest BCUT2D eigenvalue weighted by molar-refractivity contribution is 0.0302. The van der Waals surface area contributed by atoms with E-state index in [1.54, 1.807) is 0 Å². The van der Waals surface area contributed by atoms with Crippen molar-refractivity contribution in [2.75, 3.05) is 26.3 Å². The summed E-state index contributed by atoms with van der Waals surface area (Å²) in [7, 11) is 0. The molecule has 2 aliphatic rings. The summed E-state index contributed by atoms with van der Waals surface area (Å²) >= 11 is 0. The maximum Gasteiger partial charge on any atom is 0.254 e. The van der Waals surface area contributed by atoms with Crippen LogP contribution in [0.25, 0.3) is 0 Å². The molecule has 1 amide bonds. The lowest BCUT2D eigenvalue weighted by Crippen LogP contribution is -2.41. The highest BCUT2D eigenvalue weighted by atomic mass is 16.5. The highest BCUT2D eigenvalue weighted by Crippen LogP contribution is 2.36. The van der Waals surface area contributed by atoms with Gasteiger partial charge >= 0.3 is 0 Å². The minimum Gasteiger partial charge on any atom is -0.378 e. The quantitative estimate of drug-likeness (QED) is 0.888. The van der Waals surface area contributed by atoms with Crippen molar-refractivity contribution in [1.82, 2.24) is 4.90 Å². The molecular formula is C15H20N2O2. The van der Waals surface area contributed by atoms with E-state index in [1.165, 1.54) is 0 Å². The number of hydrogen-bond donors (Lipinski definition) is 1. The Morgan fingerprint density at radius 3 is 2.63 bits per heavy atom. The molecule has 0 aromatic heterocycles. The van der Waals surface area contributed by atoms with E-state index >= 15 is 0 Å². The molecule has 2 N–H and O–H groups in total. The van der Waals surface area contributed by atoms with Gasteiger partial charge in [0.1, 0.15) is 0 Å². The number of rotatable bonds is 3. The summed E-state index contributed by atoms with van der Waals surface area (Å²) in [6, 6.07) is 7.85. The molecule has 1 aromatic carbocycles. The highest BCUT2D eigenvalue weighted by Gasteiger charge is 2.39. The first kappa shape index (κ1) is 12.6. The maximum absolute atomic E-state index is 12.6. The Morgan fingerprint density at radius 2 is 1.95 bits per heavy atom. The highest BCUT2D eigenvalue weighted by molar-refractivity contribution is 5.95. The van der Waals surface area contributed by atoms with Crippen molar-refractivity contribution >= 4 is 5.91 Å². The molecule has 102 valence electrons. The molecule has 0 radical (unpaired) electrons. The second-order valence-corrected chi connectivity index (χ2v) is 5.60. The van der Waals surface area contributed by atoms with Gasteiger partial charge in [0, 0.05) is 24.2 Å². The third-order valence-electron chi connectivity index (χ3n) is 3.98. The lowest BCUT2D eigenvalue weighted by Gasteiger charge is -2.28. The van der Waals surface area contributed by atoms with Gasteiger partial charge in [0.25, 0.3) is 5.91 Å². The van der Waals surface area contributed by atoms with Crippen molar-refractivity contribution in [3.05, 3.63) is 35.4 Å². The molecule has 0 unspecified atom stereocenters. The molecule has 4 nitrogen and oxygen atoms in total. The molecule has 1 saturated carbocycles. The summed E-state index contributed by atoms with van der Waals surface area (Å²) in [5.41, 5.74) is 8.00. The summed E-state index contributed by atoms with van der Waals surface area (Å²) < 4.78 is 5.29. The standard InChI is InChI=1S/C15H20N2O2/c16-15(5-6-15)11-12-3-1-2-4-13(12)14(18)17-7-9-19-10-8-17/h1-4H,5-11,16H2. The fraction of sp³-hybridized carbons (Fsp3) is 0.533. The summed E-state index contributed by atoms with van der Waals surface area (Å²) in [5.74, 6) is 0.114. The SMILES string of the molecule is NC1(Cc2ccccc2C(=O)N2CCOCC2)CC1. The van der Waals surface area contributed by atoms with Crippen LogP contribution in [0.2, 0.25) is 0 Å². The maximum atomic E-state index is 12.6. The van der Waals surface area contributed by atoms with E-state index in [0.717, 1.165) is 30.4 Å². The number of nitrogens with zero attached hydrogens (tertiary/aromatic N) is 1. The first-order valence-electron chi connectivity index (χ1n) is 6.92. The van der Waals surface area contributed by atoms with Crippen LogP contribution >= 0.6 is 0 Å². The van der Waals surface area contributed by atoms with Gasteiger partial charge in [-0.1, -0.05) is 18.2 Å². The first-order valence-corrected chi connectivity index (χ1v) is 6.92. The van der Waals surface area contributed by atoms with Crippen molar-refractivity contribution in [3.8, 4) is 0 Å². The minimum atomic E-state index is -0.0681. The van der Waals surface area contributed by atoms with Crippen LogP contribution in [0.5, 0.6) is 0 Å². The number of ether oxygens (including phenoxy) is 1. The van der Waals surface area contributed by atoms with Crippen LogP contribution in [-0.2, 0) is 11.2 Å². The van der Waals surface area contributed by atoms with Gasteiger partial charge in [0.15, 0.2) is 0 Å². The van der Waals surface area contributed by atoms with E-state index in [0.29, 0.717) is 26.3 Å². The van der Waals surface area contributed by atoms with E-state index in [4.69, 9.17) is 10.5 Å². The summed E-state index contributed by atoms with van der Waals surface area (Å²) in [4.78, 5) is 14.4. The second kappa shape index (κ2) is 4.94. The Hall–Kier alpha value is -1.39. The predicted octanol–water partition coefficient (Wildman–Crippen LogP) is 1.19. The molecule has 0 bridgehead atoms. The molecule has 3 rings (SSSR count). The van der Waals surface area contributed by atoms with Crippen molar-refractivity contribution in [1.29, 1.82) is 0 Å². The predicted molar refractivity (Wildman–Crippen MR) is 73.0 cm³/mol. The number of benzene rings is 1. The Kier molecular flexibility index (Phi) is 3.29. The van der Waals surface area contributed by atoms with Gasteiger partial charge in [-0.15, -0.1) is 0 Å². The third kappa shape index (κ3) is 2.80. The topological polar surface area (TPSA) is 55.6 Å². The molecule has 19 heavy (non-hydrogen) atoms. The summed E-state index contributed by atoms with van der Waals surface area (Å²) in [6.45, 7) is 2.63. The van der Waals surface area contributed by atoms with E-state index in [-0.39, 0.29) is 11.4 Å². The number of morpholine rings is 1. The van der Waals surface area contributed by atoms with Crippen molar-refractivity contribution in [2.24, 2.45) is 5.73 Å². The zero-order valence-electron chi connectivity index (χ0n) is 11.1. The number of carbonyl (C=O) groups is 1. The number of carbonyl (C=O) groups excluding carboxylic acids is 1. The zero-order chi connectivity index (χ0) is 13.3. The molecule has 1 aliphatic heterocycles. The number of nitrogens with two attached hydrogens (primary N) is 1. The van der Waals surface area contributed by atoms with Gasteiger partial charge in [-0.05, 0) is 30.9 Å². The zero-order valence-corrected chi connectivity index (χ0v) is 11.1. The average Bonchev–Trinajstić information content (AvgIpc) is 3.17. The Bertz CT molecular complexity index is 477. The van der Waals surface area contributed by atoms with E-state index in [9.17, 15) is 4.79 Å². The normalized spacial score (nSPS) is 21.2. The Labute approximate surface area is 113 Å². The van der Waals surface area contributed by atoms with Gasteiger partial charge < -0.3 is 15.4 Å². The summed E-state index contributed by atoms with van der Waals surface area (Å²) in [5, 5.41) is 0. The van der Waals surface area contributed by atoms with Crippen LogP contribution in [0.1, 0.15) is 28.8 Å². The molecule has 1 heterocycles. The van der Waals surface area contributed by atoms with Gasteiger partial charge in [-0.3, -0.25) is 4.79 Å². The van der Waals surface area contributed by atoms with E-state index in [1.807, 2.05) is 29.2 Å². The fourth-order valence-corrected chi connectivity index (χ4v) is 2.54. The molecule has 2 fully saturated rings. The van der Waals surface area contributed by atoms with Crippen LogP contribution in [0.4, 0.5) is 0 Å². The number of hydrogen-bond acceptors (Lipinski definition) is 3. The fourth-order valence-electron chi connectivity index (χ4n) is 2.54. The van der Waals surface area contributed by atoms with Crippen molar-refractivity contribution < 1.29 is 9.53 Å². The van der Waals surface area contributed by atoms with Crippen LogP contribution in [0, 0.1) is 0 Å². The van der Waals surface area contributed by atoms with Gasteiger partial charge in [0.2, 0.25) is 0 Å². The van der Waals surface area contributed by atoms with Crippen LogP contribution in [-0.4, -0.2) is 42.6 Å². The first-order chi connectivity index (χ1) is 9.18. The third-order valence-corrected chi connectivity index (χ3v) is 3.98. The smallest absolute Gasteiger partial charge is 0.254 e. The largest absolute Gasteiger partial charge is 0.378 e. The molecule has 1 aliphatic carbocycles. The molecule has 1 saturated heterocycles. The lowest BCUT2D eigenvalue weighted by atomic mass is 9.98.